The molecule has 1 aliphatic carbocycles. The summed E-state index contributed by atoms with van der Waals surface area (Å²) in [5, 5.41) is 12.4. The number of amides is 2. The molecule has 2 N–H and O–H groups in total. The van der Waals surface area contributed by atoms with Crippen LogP contribution in [0.1, 0.15) is 45.6 Å². The molecule has 3 rings (SSSR count). The van der Waals surface area contributed by atoms with Crippen LogP contribution < -0.4 is 5.32 Å². The van der Waals surface area contributed by atoms with E-state index in [-0.39, 0.29) is 19.6 Å². The van der Waals surface area contributed by atoms with Crippen molar-refractivity contribution in [3.8, 4) is 0 Å². The third-order valence-electron chi connectivity index (χ3n) is 5.50. The Labute approximate surface area is 170 Å². The van der Waals surface area contributed by atoms with Crippen molar-refractivity contribution in [2.24, 2.45) is 5.41 Å². The number of benzene rings is 1. The summed E-state index contributed by atoms with van der Waals surface area (Å²) in [6.07, 6.45) is 0.275. The number of hydrogen-bond acceptors (Lipinski definition) is 5. The molecule has 2 atom stereocenters. The molecule has 1 saturated carbocycles. The van der Waals surface area contributed by atoms with Crippen molar-refractivity contribution in [2.75, 3.05) is 13.1 Å². The van der Waals surface area contributed by atoms with Crippen LogP contribution in [-0.2, 0) is 20.9 Å². The summed E-state index contributed by atoms with van der Waals surface area (Å²) in [6.45, 7) is 6.03. The van der Waals surface area contributed by atoms with E-state index in [9.17, 15) is 19.5 Å². The third kappa shape index (κ3) is 4.46. The summed E-state index contributed by atoms with van der Waals surface area (Å²) in [7, 11) is 0. The van der Waals surface area contributed by atoms with E-state index in [1.54, 1.807) is 20.8 Å². The lowest BCUT2D eigenvalue weighted by atomic mass is 9.89. The van der Waals surface area contributed by atoms with Crippen LogP contribution in [-0.4, -0.2) is 52.4 Å². The normalized spacial score (nSPS) is 26.0. The molecule has 29 heavy (non-hydrogen) atoms. The zero-order valence-electron chi connectivity index (χ0n) is 17.1. The van der Waals surface area contributed by atoms with Crippen LogP contribution in [0.3, 0.4) is 0 Å². The average molecular weight is 404 g/mol. The van der Waals surface area contributed by atoms with Crippen molar-refractivity contribution in [3.05, 3.63) is 35.9 Å². The van der Waals surface area contributed by atoms with Crippen molar-refractivity contribution in [1.82, 2.24) is 10.2 Å². The molecule has 0 unspecified atom stereocenters. The zero-order valence-corrected chi connectivity index (χ0v) is 17.1. The molecule has 2 fully saturated rings. The van der Waals surface area contributed by atoms with E-state index in [1.807, 2.05) is 30.3 Å². The second-order valence-corrected chi connectivity index (χ2v) is 8.86. The number of rotatable bonds is 4. The predicted molar refractivity (Wildman–Crippen MR) is 104 cm³/mol. The number of likely N-dealkylation sites (tertiary alicyclic amines) is 1. The van der Waals surface area contributed by atoms with Gasteiger partial charge in [-0.15, -0.1) is 0 Å². The quantitative estimate of drug-likeness (QED) is 0.799. The molecule has 1 saturated heterocycles. The minimum Gasteiger partial charge on any atom is -0.479 e. The van der Waals surface area contributed by atoms with Crippen LogP contribution in [0.4, 0.5) is 9.59 Å². The molecule has 0 bridgehead atoms. The first-order valence-corrected chi connectivity index (χ1v) is 9.77. The number of carbonyl (C=O) groups excluding carboxylic acids is 2. The van der Waals surface area contributed by atoms with Gasteiger partial charge in [0.15, 0.2) is 0 Å². The number of carbonyl (C=O) groups is 3. The van der Waals surface area contributed by atoms with Crippen LogP contribution in [0.5, 0.6) is 0 Å². The van der Waals surface area contributed by atoms with Crippen molar-refractivity contribution in [2.45, 2.75) is 57.8 Å². The highest BCUT2D eigenvalue weighted by atomic mass is 16.6. The molecule has 1 heterocycles. The smallest absolute Gasteiger partial charge is 0.410 e. The fourth-order valence-electron chi connectivity index (χ4n) is 4.06. The van der Waals surface area contributed by atoms with E-state index in [4.69, 9.17) is 9.47 Å². The maximum Gasteiger partial charge on any atom is 0.410 e. The van der Waals surface area contributed by atoms with E-state index in [1.165, 1.54) is 4.90 Å². The first kappa shape index (κ1) is 21.0. The summed E-state index contributed by atoms with van der Waals surface area (Å²) in [5.41, 5.74) is -1.98. The number of piperidine rings is 1. The largest absolute Gasteiger partial charge is 0.479 e. The number of aliphatic carboxylic acids is 1. The molecular formula is C21H28N2O6. The Bertz CT molecular complexity index is 790. The highest BCUT2D eigenvalue weighted by molar-refractivity contribution is 5.90. The van der Waals surface area contributed by atoms with E-state index < -0.39 is 34.7 Å². The number of hydrogen-bond donors (Lipinski definition) is 2. The van der Waals surface area contributed by atoms with E-state index in [2.05, 4.69) is 5.32 Å². The zero-order chi connectivity index (χ0) is 21.3. The van der Waals surface area contributed by atoms with Crippen LogP contribution in [0, 0.1) is 5.41 Å². The number of nitrogens with one attached hydrogen (secondary N) is 1. The molecule has 1 aromatic rings. The molecule has 2 amide bonds. The summed E-state index contributed by atoms with van der Waals surface area (Å²) in [5.74, 6) is -1.11. The van der Waals surface area contributed by atoms with E-state index >= 15 is 0 Å². The van der Waals surface area contributed by atoms with Gasteiger partial charge in [0.2, 0.25) is 0 Å². The highest BCUT2D eigenvalue weighted by Gasteiger charge is 2.74. The fraction of sp³-hybridized carbons (Fsp3) is 0.571. The maximum absolute atomic E-state index is 12.5. The Hall–Kier alpha value is -2.77. The highest BCUT2D eigenvalue weighted by Crippen LogP contribution is 2.61. The topological polar surface area (TPSA) is 105 Å². The monoisotopic (exact) mass is 404 g/mol. The number of carboxylic acid groups (broad SMARTS) is 1. The van der Waals surface area contributed by atoms with E-state index in [0.717, 1.165) is 5.56 Å². The standard InChI is InChI=1S/C21H28N2O6/c1-19(2,3)29-17(26)22-21(16(24)25)13-20(21)10-7-11-23(14-20)18(27)28-12-15-8-5-4-6-9-15/h4-6,8-9H,7,10-14H2,1-3H3,(H,22,26)(H,24,25)/t20-,21+/m1/s1. The number of alkyl carbamates (subject to hydrolysis) is 1. The van der Waals surface area contributed by atoms with Gasteiger partial charge in [0.25, 0.3) is 0 Å². The van der Waals surface area contributed by atoms with Gasteiger partial charge in [-0.25, -0.2) is 14.4 Å². The molecule has 0 radical (unpaired) electrons. The lowest BCUT2D eigenvalue weighted by Gasteiger charge is -2.35. The van der Waals surface area contributed by atoms with Gasteiger partial charge in [-0.2, -0.15) is 0 Å². The number of ether oxygens (including phenoxy) is 2. The van der Waals surface area contributed by atoms with Gasteiger partial charge in [0.1, 0.15) is 17.7 Å². The summed E-state index contributed by atoms with van der Waals surface area (Å²) >= 11 is 0. The lowest BCUT2D eigenvalue weighted by Crippen LogP contribution is -2.53. The molecule has 1 aliphatic heterocycles. The summed E-state index contributed by atoms with van der Waals surface area (Å²) in [6, 6.07) is 9.35. The Morgan fingerprint density at radius 1 is 1.21 bits per heavy atom. The van der Waals surface area contributed by atoms with Gasteiger partial charge in [0.05, 0.1) is 0 Å². The summed E-state index contributed by atoms with van der Waals surface area (Å²) in [4.78, 5) is 38.3. The maximum atomic E-state index is 12.5. The van der Waals surface area contributed by atoms with Crippen LogP contribution in [0.15, 0.2) is 30.3 Å². The lowest BCUT2D eigenvalue weighted by molar-refractivity contribution is -0.142. The average Bonchev–Trinajstić information content (AvgIpc) is 3.25. The molecule has 8 heteroatoms. The van der Waals surface area contributed by atoms with E-state index in [0.29, 0.717) is 19.4 Å². The minimum atomic E-state index is -1.42. The molecule has 158 valence electrons. The Morgan fingerprint density at radius 3 is 2.52 bits per heavy atom. The minimum absolute atomic E-state index is 0.156. The molecule has 1 aromatic carbocycles. The molecule has 1 spiro atoms. The van der Waals surface area contributed by atoms with Gasteiger partial charge in [-0.05, 0) is 45.6 Å². The first-order chi connectivity index (χ1) is 13.6. The second kappa shape index (κ2) is 7.57. The van der Waals surface area contributed by atoms with Crippen LogP contribution >= 0.6 is 0 Å². The number of nitrogens with zero attached hydrogens (tertiary/aromatic N) is 1. The van der Waals surface area contributed by atoms with Gasteiger partial charge in [-0.3, -0.25) is 0 Å². The fourth-order valence-corrected chi connectivity index (χ4v) is 4.06. The Morgan fingerprint density at radius 2 is 1.90 bits per heavy atom. The van der Waals surface area contributed by atoms with Crippen molar-refractivity contribution < 1.29 is 29.0 Å². The number of carboxylic acids is 1. The summed E-state index contributed by atoms with van der Waals surface area (Å²) < 4.78 is 10.6. The SMILES string of the molecule is CC(C)(C)OC(=O)N[C@]1(C(=O)O)C[C@@]12CCCN(C(=O)OCc1ccccc1)C2. The second-order valence-electron chi connectivity index (χ2n) is 8.86. The van der Waals surface area contributed by atoms with Crippen molar-refractivity contribution in [1.29, 1.82) is 0 Å². The third-order valence-corrected chi connectivity index (χ3v) is 5.50. The van der Waals surface area contributed by atoms with Crippen LogP contribution in [0.2, 0.25) is 0 Å². The van der Waals surface area contributed by atoms with Gasteiger partial charge < -0.3 is 24.8 Å². The molecular weight excluding hydrogens is 376 g/mol. The van der Waals surface area contributed by atoms with Gasteiger partial charge in [0, 0.05) is 18.5 Å². The molecule has 0 aromatic heterocycles. The van der Waals surface area contributed by atoms with Crippen LogP contribution in [0.25, 0.3) is 0 Å². The van der Waals surface area contributed by atoms with Crippen molar-refractivity contribution >= 4 is 18.2 Å². The Balaban J connectivity index is 1.64. The molecule has 2 aliphatic rings. The molecule has 8 nitrogen and oxygen atoms in total. The van der Waals surface area contributed by atoms with Crippen molar-refractivity contribution in [3.63, 3.8) is 0 Å². The Kier molecular flexibility index (Phi) is 5.47. The first-order valence-electron chi connectivity index (χ1n) is 9.77. The van der Waals surface area contributed by atoms with Gasteiger partial charge in [-0.1, -0.05) is 30.3 Å². The predicted octanol–water partition coefficient (Wildman–Crippen LogP) is 3.16. The van der Waals surface area contributed by atoms with Gasteiger partial charge >= 0.3 is 18.2 Å².